The second-order valence-electron chi connectivity index (χ2n) is 7.18. The smallest absolute Gasteiger partial charge is 0.335 e. The average molecular weight is 355 g/mol. The van der Waals surface area contributed by atoms with Crippen molar-refractivity contribution in [2.24, 2.45) is 5.92 Å². The summed E-state index contributed by atoms with van der Waals surface area (Å²) in [6.07, 6.45) is 0. The number of ether oxygens (including phenoxy) is 1. The third-order valence-electron chi connectivity index (χ3n) is 4.25. The van der Waals surface area contributed by atoms with Gasteiger partial charge in [0.15, 0.2) is 0 Å². The van der Waals surface area contributed by atoms with Crippen LogP contribution in [0, 0.1) is 5.92 Å². The first kappa shape index (κ1) is 19.8. The Bertz CT molecular complexity index is 736. The first-order valence-electron chi connectivity index (χ1n) is 9.21. The lowest BCUT2D eigenvalue weighted by Crippen LogP contribution is -2.17. The van der Waals surface area contributed by atoms with Crippen LogP contribution in [0.1, 0.15) is 56.5 Å². The summed E-state index contributed by atoms with van der Waals surface area (Å²) in [6, 6.07) is 13.3. The number of hydrogen-bond acceptors (Lipinski definition) is 3. The van der Waals surface area contributed by atoms with Gasteiger partial charge in [0, 0.05) is 24.0 Å². The van der Waals surface area contributed by atoms with Crippen LogP contribution >= 0.6 is 0 Å². The molecule has 0 heterocycles. The molecule has 2 aromatic carbocycles. The number of rotatable bonds is 8. The molecular weight excluding hydrogens is 326 g/mol. The minimum atomic E-state index is -0.912. The van der Waals surface area contributed by atoms with Crippen molar-refractivity contribution in [1.29, 1.82) is 0 Å². The van der Waals surface area contributed by atoms with Gasteiger partial charge in [0.2, 0.25) is 0 Å². The molecule has 0 aromatic heterocycles. The predicted octanol–water partition coefficient (Wildman–Crippen LogP) is 5.70. The summed E-state index contributed by atoms with van der Waals surface area (Å²) >= 11 is 0. The molecule has 0 radical (unpaired) electrons. The minimum Gasteiger partial charge on any atom is -0.493 e. The molecule has 140 valence electrons. The van der Waals surface area contributed by atoms with Crippen molar-refractivity contribution < 1.29 is 14.6 Å². The largest absolute Gasteiger partial charge is 0.493 e. The van der Waals surface area contributed by atoms with E-state index in [1.165, 1.54) is 5.56 Å². The monoisotopic (exact) mass is 355 g/mol. The third-order valence-corrected chi connectivity index (χ3v) is 4.25. The van der Waals surface area contributed by atoms with Gasteiger partial charge in [-0.05, 0) is 54.7 Å². The van der Waals surface area contributed by atoms with Crippen LogP contribution in [0.15, 0.2) is 42.5 Å². The maximum absolute atomic E-state index is 11.1. The number of carbonyl (C=O) groups is 1. The van der Waals surface area contributed by atoms with E-state index in [0.29, 0.717) is 24.0 Å². The zero-order valence-electron chi connectivity index (χ0n) is 16.3. The molecule has 4 heteroatoms. The molecule has 0 saturated heterocycles. The Kier molecular flexibility index (Phi) is 6.67. The molecule has 4 nitrogen and oxygen atoms in total. The molecule has 0 aliphatic rings. The fourth-order valence-electron chi connectivity index (χ4n) is 2.85. The summed E-state index contributed by atoms with van der Waals surface area (Å²) in [4.78, 5) is 13.2. The molecule has 26 heavy (non-hydrogen) atoms. The number of hydrogen-bond donors (Lipinski definition) is 1. The third kappa shape index (κ3) is 4.78. The molecule has 0 spiro atoms. The zero-order valence-corrected chi connectivity index (χ0v) is 16.3. The van der Waals surface area contributed by atoms with Crippen LogP contribution in [-0.4, -0.2) is 24.2 Å². The molecule has 0 bridgehead atoms. The van der Waals surface area contributed by atoms with Crippen molar-refractivity contribution in [3.63, 3.8) is 0 Å². The number of aromatic carboxylic acids is 1. The summed E-state index contributed by atoms with van der Waals surface area (Å²) in [5, 5.41) is 9.08. The Hall–Kier alpha value is -2.49. The second-order valence-corrected chi connectivity index (χ2v) is 7.18. The van der Waals surface area contributed by atoms with E-state index in [-0.39, 0.29) is 0 Å². The number of carboxylic acid groups (broad SMARTS) is 1. The second kappa shape index (κ2) is 8.75. The Labute approximate surface area is 156 Å². The van der Waals surface area contributed by atoms with Gasteiger partial charge in [0.05, 0.1) is 12.2 Å². The van der Waals surface area contributed by atoms with E-state index < -0.39 is 5.97 Å². The van der Waals surface area contributed by atoms with E-state index in [4.69, 9.17) is 9.84 Å². The van der Waals surface area contributed by atoms with Crippen LogP contribution < -0.4 is 9.64 Å². The van der Waals surface area contributed by atoms with Gasteiger partial charge in [-0.25, -0.2) is 4.79 Å². The van der Waals surface area contributed by atoms with Gasteiger partial charge in [-0.1, -0.05) is 33.8 Å². The maximum Gasteiger partial charge on any atom is 0.335 e. The van der Waals surface area contributed by atoms with Gasteiger partial charge in [-0.3, -0.25) is 0 Å². The first-order chi connectivity index (χ1) is 12.3. The van der Waals surface area contributed by atoms with Crippen LogP contribution in [0.2, 0.25) is 0 Å². The maximum atomic E-state index is 11.1. The van der Waals surface area contributed by atoms with Crippen molar-refractivity contribution in [2.45, 2.75) is 40.5 Å². The molecule has 0 aliphatic carbocycles. The highest BCUT2D eigenvalue weighted by Gasteiger charge is 2.14. The van der Waals surface area contributed by atoms with E-state index in [0.717, 1.165) is 23.7 Å². The van der Waals surface area contributed by atoms with E-state index in [2.05, 4.69) is 57.7 Å². The summed E-state index contributed by atoms with van der Waals surface area (Å²) in [5.74, 6) is 0.859. The molecule has 0 aliphatic heterocycles. The fourth-order valence-corrected chi connectivity index (χ4v) is 2.85. The summed E-state index contributed by atoms with van der Waals surface area (Å²) in [6.45, 7) is 12.1. The topological polar surface area (TPSA) is 49.8 Å². The quantitative estimate of drug-likeness (QED) is 0.660. The van der Waals surface area contributed by atoms with Crippen LogP contribution in [0.3, 0.4) is 0 Å². The van der Waals surface area contributed by atoms with Crippen LogP contribution in [0.25, 0.3) is 0 Å². The van der Waals surface area contributed by atoms with E-state index in [1.807, 2.05) is 12.1 Å². The fraction of sp³-hybridized carbons (Fsp3) is 0.409. The van der Waals surface area contributed by atoms with Gasteiger partial charge in [-0.15, -0.1) is 0 Å². The summed E-state index contributed by atoms with van der Waals surface area (Å²) in [7, 11) is 0. The summed E-state index contributed by atoms with van der Waals surface area (Å²) in [5.41, 5.74) is 3.50. The Morgan fingerprint density at radius 3 is 2.15 bits per heavy atom. The van der Waals surface area contributed by atoms with Crippen molar-refractivity contribution in [3.8, 4) is 5.75 Å². The molecule has 0 amide bonds. The highest BCUT2D eigenvalue weighted by atomic mass is 16.5. The van der Waals surface area contributed by atoms with E-state index >= 15 is 0 Å². The molecule has 0 fully saturated rings. The zero-order chi connectivity index (χ0) is 19.3. The van der Waals surface area contributed by atoms with Gasteiger partial charge in [-0.2, -0.15) is 0 Å². The van der Waals surface area contributed by atoms with Crippen LogP contribution in [0.5, 0.6) is 5.75 Å². The molecule has 2 aromatic rings. The molecular formula is C22H29NO3. The Morgan fingerprint density at radius 2 is 1.65 bits per heavy atom. The van der Waals surface area contributed by atoms with Crippen molar-refractivity contribution in [3.05, 3.63) is 53.6 Å². The SMILES string of the molecule is CCN(c1ccc(C(=O)O)cc1)c1ccc(C(C)C)c(OCC(C)C)c1. The number of benzene rings is 2. The summed E-state index contributed by atoms with van der Waals surface area (Å²) < 4.78 is 6.08. The minimum absolute atomic E-state index is 0.293. The highest BCUT2D eigenvalue weighted by molar-refractivity contribution is 5.88. The van der Waals surface area contributed by atoms with Crippen LogP contribution in [0.4, 0.5) is 11.4 Å². The number of carboxylic acids is 1. The molecule has 0 saturated carbocycles. The van der Waals surface area contributed by atoms with Gasteiger partial charge >= 0.3 is 5.97 Å². The number of anilines is 2. The lowest BCUT2D eigenvalue weighted by molar-refractivity contribution is 0.0697. The van der Waals surface area contributed by atoms with E-state index in [1.54, 1.807) is 12.1 Å². The Balaban J connectivity index is 2.37. The van der Waals surface area contributed by atoms with Crippen molar-refractivity contribution in [1.82, 2.24) is 0 Å². The van der Waals surface area contributed by atoms with Gasteiger partial charge < -0.3 is 14.7 Å². The first-order valence-corrected chi connectivity index (χ1v) is 9.21. The molecule has 1 N–H and O–H groups in total. The lowest BCUT2D eigenvalue weighted by Gasteiger charge is -2.25. The van der Waals surface area contributed by atoms with Crippen molar-refractivity contribution in [2.75, 3.05) is 18.1 Å². The Morgan fingerprint density at radius 1 is 1.04 bits per heavy atom. The predicted molar refractivity (Wildman–Crippen MR) is 107 cm³/mol. The van der Waals surface area contributed by atoms with E-state index in [9.17, 15) is 4.79 Å². The highest BCUT2D eigenvalue weighted by Crippen LogP contribution is 2.34. The standard InChI is InChI=1S/C22H29NO3/c1-6-23(18-9-7-17(8-10-18)22(24)25)19-11-12-20(16(4)5)21(13-19)26-14-15(2)3/h7-13,15-16H,6,14H2,1-5H3,(H,24,25). The molecule has 0 atom stereocenters. The van der Waals surface area contributed by atoms with Gasteiger partial charge in [0.1, 0.15) is 5.75 Å². The lowest BCUT2D eigenvalue weighted by atomic mass is 10.0. The van der Waals surface area contributed by atoms with Crippen LogP contribution in [-0.2, 0) is 0 Å². The number of nitrogens with zero attached hydrogens (tertiary/aromatic N) is 1. The van der Waals surface area contributed by atoms with Crippen molar-refractivity contribution >= 4 is 17.3 Å². The molecule has 0 unspecified atom stereocenters. The molecule has 2 rings (SSSR count). The van der Waals surface area contributed by atoms with Gasteiger partial charge in [0.25, 0.3) is 0 Å². The average Bonchev–Trinajstić information content (AvgIpc) is 2.61. The normalized spacial score (nSPS) is 11.0.